The molecule has 0 fully saturated rings. The zero-order chi connectivity index (χ0) is 7.56. The van der Waals surface area contributed by atoms with Crippen molar-refractivity contribution in [2.75, 3.05) is 0 Å². The van der Waals surface area contributed by atoms with E-state index in [1.54, 1.807) is 0 Å². The number of hydrogen-bond donors (Lipinski definition) is 0. The van der Waals surface area contributed by atoms with Crippen LogP contribution in [-0.4, -0.2) is 4.57 Å². The molecule has 0 amide bonds. The predicted molar refractivity (Wildman–Crippen MR) is 44.9 cm³/mol. The molecule has 0 spiro atoms. The van der Waals surface area contributed by atoms with E-state index in [0.29, 0.717) is 0 Å². The molecule has 0 saturated carbocycles. The summed E-state index contributed by atoms with van der Waals surface area (Å²) in [5.74, 6) is 0. The SMILES string of the molecule is C/C=C\c1c(C)ccn1C. The number of aryl methyl sites for hydroxylation is 2. The minimum atomic E-state index is 1.29. The van der Waals surface area contributed by atoms with Crippen molar-refractivity contribution >= 4 is 6.08 Å². The van der Waals surface area contributed by atoms with E-state index >= 15 is 0 Å². The molecular weight excluding hydrogens is 122 g/mol. The Morgan fingerprint density at radius 2 is 2.20 bits per heavy atom. The van der Waals surface area contributed by atoms with Gasteiger partial charge >= 0.3 is 0 Å². The van der Waals surface area contributed by atoms with Crippen LogP contribution in [0.2, 0.25) is 0 Å². The average Bonchev–Trinajstić information content (AvgIpc) is 2.20. The van der Waals surface area contributed by atoms with Crippen LogP contribution in [0, 0.1) is 6.92 Å². The molecule has 0 aliphatic heterocycles. The zero-order valence-corrected chi connectivity index (χ0v) is 6.76. The van der Waals surface area contributed by atoms with E-state index in [2.05, 4.69) is 43.0 Å². The molecule has 1 aromatic heterocycles. The van der Waals surface area contributed by atoms with Crippen molar-refractivity contribution in [3.8, 4) is 0 Å². The van der Waals surface area contributed by atoms with Crippen LogP contribution in [0.5, 0.6) is 0 Å². The first-order valence-corrected chi connectivity index (χ1v) is 3.50. The molecule has 1 rings (SSSR count). The summed E-state index contributed by atoms with van der Waals surface area (Å²) in [6.07, 6.45) is 6.25. The highest BCUT2D eigenvalue weighted by Crippen LogP contribution is 2.09. The van der Waals surface area contributed by atoms with Crippen LogP contribution in [0.1, 0.15) is 18.2 Å². The molecule has 0 radical (unpaired) electrons. The maximum absolute atomic E-state index is 2.12. The molecule has 10 heavy (non-hydrogen) atoms. The number of rotatable bonds is 1. The Bertz CT molecular complexity index is 224. The Labute approximate surface area is 62.0 Å². The molecule has 0 bridgehead atoms. The van der Waals surface area contributed by atoms with E-state index in [4.69, 9.17) is 0 Å². The van der Waals surface area contributed by atoms with Crippen molar-refractivity contribution in [2.24, 2.45) is 7.05 Å². The standard InChI is InChI=1S/C9H13N/c1-4-5-9-8(2)6-7-10(9)3/h4-7H,1-3H3/b5-4-. The normalized spacial score (nSPS) is 11.1. The Balaban J connectivity index is 3.10. The van der Waals surface area contributed by atoms with Gasteiger partial charge in [0.05, 0.1) is 0 Å². The first kappa shape index (κ1) is 7.13. The zero-order valence-electron chi connectivity index (χ0n) is 6.76. The molecule has 54 valence electrons. The van der Waals surface area contributed by atoms with Gasteiger partial charge in [-0.3, -0.25) is 0 Å². The fraction of sp³-hybridized carbons (Fsp3) is 0.333. The summed E-state index contributed by atoms with van der Waals surface area (Å²) >= 11 is 0. The van der Waals surface area contributed by atoms with Gasteiger partial charge in [-0.1, -0.05) is 6.08 Å². The molecule has 0 unspecified atom stereocenters. The molecule has 1 heterocycles. The minimum absolute atomic E-state index is 1.29. The second-order valence-corrected chi connectivity index (χ2v) is 2.49. The van der Waals surface area contributed by atoms with Crippen LogP contribution < -0.4 is 0 Å². The number of aromatic nitrogens is 1. The summed E-state index contributed by atoms with van der Waals surface area (Å²) < 4.78 is 2.12. The second kappa shape index (κ2) is 2.74. The molecular formula is C9H13N. The quantitative estimate of drug-likeness (QED) is 0.557. The summed E-state index contributed by atoms with van der Waals surface area (Å²) in [5, 5.41) is 0. The van der Waals surface area contributed by atoms with Gasteiger partial charge in [0.25, 0.3) is 0 Å². The monoisotopic (exact) mass is 135 g/mol. The van der Waals surface area contributed by atoms with E-state index in [-0.39, 0.29) is 0 Å². The highest BCUT2D eigenvalue weighted by molar-refractivity contribution is 5.49. The first-order valence-electron chi connectivity index (χ1n) is 3.50. The van der Waals surface area contributed by atoms with Crippen molar-refractivity contribution in [3.63, 3.8) is 0 Å². The van der Waals surface area contributed by atoms with Crippen LogP contribution in [0.4, 0.5) is 0 Å². The van der Waals surface area contributed by atoms with Crippen molar-refractivity contribution in [1.29, 1.82) is 0 Å². The second-order valence-electron chi connectivity index (χ2n) is 2.49. The third-order valence-electron chi connectivity index (χ3n) is 1.66. The molecule has 0 aliphatic rings. The Hall–Kier alpha value is -0.980. The third kappa shape index (κ3) is 1.13. The van der Waals surface area contributed by atoms with Crippen LogP contribution in [-0.2, 0) is 7.05 Å². The van der Waals surface area contributed by atoms with Crippen molar-refractivity contribution in [3.05, 3.63) is 29.6 Å². The largest absolute Gasteiger partial charge is 0.351 e. The molecule has 0 N–H and O–H groups in total. The van der Waals surface area contributed by atoms with Gasteiger partial charge in [-0.05, 0) is 31.6 Å². The summed E-state index contributed by atoms with van der Waals surface area (Å²) in [6, 6.07) is 2.12. The van der Waals surface area contributed by atoms with Gasteiger partial charge in [0.2, 0.25) is 0 Å². The maximum atomic E-state index is 2.12. The summed E-state index contributed by atoms with van der Waals surface area (Å²) in [6.45, 7) is 4.15. The first-order chi connectivity index (χ1) is 4.75. The fourth-order valence-electron chi connectivity index (χ4n) is 1.07. The molecule has 0 aromatic carbocycles. The Kier molecular flexibility index (Phi) is 1.95. The van der Waals surface area contributed by atoms with Gasteiger partial charge in [0.1, 0.15) is 0 Å². The van der Waals surface area contributed by atoms with Crippen molar-refractivity contribution in [1.82, 2.24) is 4.57 Å². The molecule has 1 aromatic rings. The lowest BCUT2D eigenvalue weighted by Crippen LogP contribution is -1.88. The molecule has 1 nitrogen and oxygen atoms in total. The van der Waals surface area contributed by atoms with E-state index in [1.165, 1.54) is 11.3 Å². The van der Waals surface area contributed by atoms with E-state index in [1.807, 2.05) is 6.92 Å². The number of hydrogen-bond acceptors (Lipinski definition) is 0. The highest BCUT2D eigenvalue weighted by Gasteiger charge is 1.95. The maximum Gasteiger partial charge on any atom is 0.0430 e. The smallest absolute Gasteiger partial charge is 0.0430 e. The van der Waals surface area contributed by atoms with Gasteiger partial charge in [-0.25, -0.2) is 0 Å². The Morgan fingerprint density at radius 1 is 1.50 bits per heavy atom. The van der Waals surface area contributed by atoms with Crippen LogP contribution in [0.25, 0.3) is 6.08 Å². The van der Waals surface area contributed by atoms with Gasteiger partial charge < -0.3 is 4.57 Å². The minimum Gasteiger partial charge on any atom is -0.351 e. The lowest BCUT2D eigenvalue weighted by atomic mass is 10.2. The summed E-state index contributed by atoms with van der Waals surface area (Å²) in [4.78, 5) is 0. The van der Waals surface area contributed by atoms with Gasteiger partial charge in [-0.15, -0.1) is 0 Å². The summed E-state index contributed by atoms with van der Waals surface area (Å²) in [5.41, 5.74) is 2.63. The van der Waals surface area contributed by atoms with Crippen molar-refractivity contribution in [2.45, 2.75) is 13.8 Å². The predicted octanol–water partition coefficient (Wildman–Crippen LogP) is 2.37. The average molecular weight is 135 g/mol. The van der Waals surface area contributed by atoms with E-state index in [9.17, 15) is 0 Å². The lowest BCUT2D eigenvalue weighted by molar-refractivity contribution is 0.911. The summed E-state index contributed by atoms with van der Waals surface area (Å²) in [7, 11) is 2.06. The third-order valence-corrected chi connectivity index (χ3v) is 1.66. The van der Waals surface area contributed by atoms with Gasteiger partial charge in [0.15, 0.2) is 0 Å². The molecule has 0 atom stereocenters. The van der Waals surface area contributed by atoms with Crippen LogP contribution in [0.15, 0.2) is 18.3 Å². The highest BCUT2D eigenvalue weighted by atomic mass is 14.9. The number of allylic oxidation sites excluding steroid dienone is 1. The van der Waals surface area contributed by atoms with Crippen molar-refractivity contribution < 1.29 is 0 Å². The van der Waals surface area contributed by atoms with Gasteiger partial charge in [0, 0.05) is 18.9 Å². The van der Waals surface area contributed by atoms with E-state index in [0.717, 1.165) is 0 Å². The lowest BCUT2D eigenvalue weighted by Gasteiger charge is -1.96. The molecule has 0 saturated heterocycles. The Morgan fingerprint density at radius 3 is 2.60 bits per heavy atom. The molecule has 1 heteroatoms. The van der Waals surface area contributed by atoms with Gasteiger partial charge in [-0.2, -0.15) is 0 Å². The van der Waals surface area contributed by atoms with Crippen LogP contribution >= 0.6 is 0 Å². The van der Waals surface area contributed by atoms with Crippen LogP contribution in [0.3, 0.4) is 0 Å². The topological polar surface area (TPSA) is 4.93 Å². The fourth-order valence-corrected chi connectivity index (χ4v) is 1.07. The molecule has 0 aliphatic carbocycles. The van der Waals surface area contributed by atoms with E-state index < -0.39 is 0 Å². The number of nitrogens with zero attached hydrogens (tertiary/aromatic N) is 1.